The predicted octanol–water partition coefficient (Wildman–Crippen LogP) is 4.64. The third kappa shape index (κ3) is 4.90. The van der Waals surface area contributed by atoms with E-state index in [1.54, 1.807) is 18.2 Å². The Bertz CT molecular complexity index is 1200. The molecule has 0 bridgehead atoms. The van der Waals surface area contributed by atoms with Crippen molar-refractivity contribution in [1.29, 1.82) is 0 Å². The molecule has 33 heavy (non-hydrogen) atoms. The van der Waals surface area contributed by atoms with E-state index in [-0.39, 0.29) is 13.0 Å². The van der Waals surface area contributed by atoms with Crippen molar-refractivity contribution in [2.24, 2.45) is 0 Å². The minimum Gasteiger partial charge on any atom is -0.326 e. The van der Waals surface area contributed by atoms with Gasteiger partial charge in [-0.05, 0) is 66.6 Å². The molecule has 4 rings (SSSR count). The summed E-state index contributed by atoms with van der Waals surface area (Å²) in [4.78, 5) is 41.6. The van der Waals surface area contributed by atoms with Gasteiger partial charge in [-0.15, -0.1) is 0 Å². The predicted molar refractivity (Wildman–Crippen MR) is 119 cm³/mol. The summed E-state index contributed by atoms with van der Waals surface area (Å²) in [6.45, 7) is 1.88. The first-order chi connectivity index (χ1) is 15.8. The van der Waals surface area contributed by atoms with Gasteiger partial charge in [0.2, 0.25) is 5.91 Å². The van der Waals surface area contributed by atoms with Crippen LogP contribution in [0.25, 0.3) is 0 Å². The van der Waals surface area contributed by atoms with Crippen molar-refractivity contribution in [3.8, 4) is 0 Å². The van der Waals surface area contributed by atoms with E-state index >= 15 is 0 Å². The number of benzene rings is 3. The maximum atomic E-state index is 13.3. The van der Waals surface area contributed by atoms with Gasteiger partial charge in [-0.1, -0.05) is 24.3 Å². The second kappa shape index (κ2) is 9.20. The topological polar surface area (TPSA) is 69.7 Å². The molecule has 0 aromatic heterocycles. The number of carbonyl (C=O) groups is 3. The summed E-state index contributed by atoms with van der Waals surface area (Å²) in [6.07, 6.45) is -0.286. The first-order valence-electron chi connectivity index (χ1n) is 10.3. The molecule has 1 atom stereocenters. The number of rotatable bonds is 6. The normalized spacial score (nSPS) is 15.8. The molecular weight excluding hydrogens is 428 g/mol. The molecule has 6 nitrogen and oxygen atoms in total. The van der Waals surface area contributed by atoms with Gasteiger partial charge < -0.3 is 10.2 Å². The quantitative estimate of drug-likeness (QED) is 0.558. The Balaban J connectivity index is 1.60. The third-order valence-electron chi connectivity index (χ3n) is 5.35. The molecule has 0 radical (unpaired) electrons. The molecule has 1 aliphatic heterocycles. The Labute approximate surface area is 189 Å². The molecule has 0 saturated carbocycles. The summed E-state index contributed by atoms with van der Waals surface area (Å²) in [5.74, 6) is -1.88. The second-order valence-corrected chi connectivity index (χ2v) is 7.82. The van der Waals surface area contributed by atoms with Crippen molar-refractivity contribution in [2.45, 2.75) is 25.9 Å². The van der Waals surface area contributed by atoms with E-state index in [1.165, 1.54) is 53.4 Å². The van der Waals surface area contributed by atoms with Crippen molar-refractivity contribution >= 4 is 29.2 Å². The summed E-state index contributed by atoms with van der Waals surface area (Å²) >= 11 is 0. The van der Waals surface area contributed by atoms with Crippen LogP contribution >= 0.6 is 0 Å². The van der Waals surface area contributed by atoms with Gasteiger partial charge in [0.25, 0.3) is 5.91 Å². The Morgan fingerprint density at radius 3 is 2.21 bits per heavy atom. The average Bonchev–Trinajstić information content (AvgIpc) is 3.00. The molecule has 4 amide bonds. The number of hydrogen-bond donors (Lipinski definition) is 1. The van der Waals surface area contributed by atoms with Crippen LogP contribution in [0.3, 0.4) is 0 Å². The fraction of sp³-hybridized carbons (Fsp3) is 0.160. The SMILES string of the molecule is Cc1cccc(N2C(=O)[C@@H](CC(=O)Nc3ccc(F)cc3)N(Cc3ccc(F)cc3)C2=O)c1. The van der Waals surface area contributed by atoms with Crippen molar-refractivity contribution in [1.82, 2.24) is 4.90 Å². The Morgan fingerprint density at radius 2 is 1.58 bits per heavy atom. The molecule has 3 aromatic rings. The lowest BCUT2D eigenvalue weighted by molar-refractivity contribution is -0.124. The molecule has 1 aliphatic rings. The van der Waals surface area contributed by atoms with Gasteiger partial charge in [0.1, 0.15) is 17.7 Å². The van der Waals surface area contributed by atoms with Crippen molar-refractivity contribution in [2.75, 3.05) is 10.2 Å². The lowest BCUT2D eigenvalue weighted by atomic mass is 10.1. The zero-order valence-corrected chi connectivity index (χ0v) is 17.8. The minimum atomic E-state index is -1.05. The first kappa shape index (κ1) is 22.1. The number of amides is 4. The van der Waals surface area contributed by atoms with Gasteiger partial charge in [0, 0.05) is 12.2 Å². The molecule has 1 N–H and O–H groups in total. The van der Waals surface area contributed by atoms with Gasteiger partial charge >= 0.3 is 6.03 Å². The fourth-order valence-corrected chi connectivity index (χ4v) is 3.73. The van der Waals surface area contributed by atoms with Crippen LogP contribution < -0.4 is 10.2 Å². The largest absolute Gasteiger partial charge is 0.332 e. The molecule has 168 valence electrons. The number of nitrogens with one attached hydrogen (secondary N) is 1. The summed E-state index contributed by atoms with van der Waals surface area (Å²) < 4.78 is 26.5. The number of urea groups is 1. The molecule has 1 fully saturated rings. The number of aryl methyl sites for hydroxylation is 1. The van der Waals surface area contributed by atoms with Crippen molar-refractivity contribution in [3.05, 3.63) is 95.6 Å². The van der Waals surface area contributed by atoms with Crippen LogP contribution in [-0.4, -0.2) is 28.8 Å². The molecule has 0 unspecified atom stereocenters. The smallest absolute Gasteiger partial charge is 0.326 e. The minimum absolute atomic E-state index is 0.0294. The summed E-state index contributed by atoms with van der Waals surface area (Å²) in [6, 6.07) is 16.2. The van der Waals surface area contributed by atoms with Crippen LogP contribution in [0.1, 0.15) is 17.5 Å². The van der Waals surface area contributed by atoms with Gasteiger partial charge in [-0.25, -0.2) is 18.5 Å². The van der Waals surface area contributed by atoms with Gasteiger partial charge in [-0.2, -0.15) is 0 Å². The van der Waals surface area contributed by atoms with E-state index in [1.807, 2.05) is 13.0 Å². The highest BCUT2D eigenvalue weighted by molar-refractivity contribution is 6.22. The number of nitrogens with zero attached hydrogens (tertiary/aromatic N) is 2. The van der Waals surface area contributed by atoms with E-state index in [0.717, 1.165) is 10.5 Å². The Morgan fingerprint density at radius 1 is 0.939 bits per heavy atom. The van der Waals surface area contributed by atoms with E-state index < -0.39 is 35.5 Å². The van der Waals surface area contributed by atoms with Crippen LogP contribution in [0.15, 0.2) is 72.8 Å². The molecule has 0 spiro atoms. The first-order valence-corrected chi connectivity index (χ1v) is 10.3. The monoisotopic (exact) mass is 449 g/mol. The summed E-state index contributed by atoms with van der Waals surface area (Å²) in [5.41, 5.74) is 2.28. The molecule has 8 heteroatoms. The number of imide groups is 1. The molecule has 3 aromatic carbocycles. The highest BCUT2D eigenvalue weighted by atomic mass is 19.1. The standard InChI is InChI=1S/C25H21F2N3O3/c1-16-3-2-4-21(13-16)30-24(32)22(14-23(31)28-20-11-9-19(27)10-12-20)29(25(30)33)15-17-5-7-18(26)8-6-17/h2-13,22H,14-15H2,1H3,(H,28,31)/t22-/m1/s1. The third-order valence-corrected chi connectivity index (χ3v) is 5.35. The van der Waals surface area contributed by atoms with Crippen LogP contribution in [0.2, 0.25) is 0 Å². The van der Waals surface area contributed by atoms with Gasteiger partial charge in [0.15, 0.2) is 0 Å². The van der Waals surface area contributed by atoms with Crippen LogP contribution in [0.5, 0.6) is 0 Å². The highest BCUT2D eigenvalue weighted by Crippen LogP contribution is 2.29. The number of carbonyl (C=O) groups excluding carboxylic acids is 3. The maximum absolute atomic E-state index is 13.3. The van der Waals surface area contributed by atoms with Crippen LogP contribution in [0, 0.1) is 18.6 Å². The number of halogens is 2. The van der Waals surface area contributed by atoms with E-state index in [2.05, 4.69) is 5.32 Å². The maximum Gasteiger partial charge on any atom is 0.332 e. The number of hydrogen-bond acceptors (Lipinski definition) is 3. The van der Waals surface area contributed by atoms with Gasteiger partial charge in [0.05, 0.1) is 12.1 Å². The van der Waals surface area contributed by atoms with E-state index in [0.29, 0.717) is 16.9 Å². The van der Waals surface area contributed by atoms with Crippen LogP contribution in [0.4, 0.5) is 25.0 Å². The molecule has 1 saturated heterocycles. The van der Waals surface area contributed by atoms with Crippen LogP contribution in [-0.2, 0) is 16.1 Å². The molecule has 1 heterocycles. The second-order valence-electron chi connectivity index (χ2n) is 7.82. The number of anilines is 2. The molecular formula is C25H21F2N3O3. The van der Waals surface area contributed by atoms with Gasteiger partial charge in [-0.3, -0.25) is 9.59 Å². The highest BCUT2D eigenvalue weighted by Gasteiger charge is 2.46. The summed E-state index contributed by atoms with van der Waals surface area (Å²) in [7, 11) is 0. The lowest BCUT2D eigenvalue weighted by Gasteiger charge is -2.21. The van der Waals surface area contributed by atoms with Crippen molar-refractivity contribution in [3.63, 3.8) is 0 Å². The fourth-order valence-electron chi connectivity index (χ4n) is 3.73. The van der Waals surface area contributed by atoms with Crippen molar-refractivity contribution < 1.29 is 23.2 Å². The Hall–Kier alpha value is -4.07. The average molecular weight is 449 g/mol. The lowest BCUT2D eigenvalue weighted by Crippen LogP contribution is -2.37. The molecule has 0 aliphatic carbocycles. The Kier molecular flexibility index (Phi) is 6.17. The van der Waals surface area contributed by atoms with E-state index in [4.69, 9.17) is 0 Å². The van der Waals surface area contributed by atoms with E-state index in [9.17, 15) is 23.2 Å². The zero-order valence-electron chi connectivity index (χ0n) is 17.8. The zero-order chi connectivity index (χ0) is 23.5. The summed E-state index contributed by atoms with van der Waals surface area (Å²) in [5, 5.41) is 2.62.